The van der Waals surface area contributed by atoms with E-state index >= 15 is 0 Å². The number of alkyl carbamates (subject to hydrolysis) is 1. The lowest BCUT2D eigenvalue weighted by atomic mass is 9.97. The van der Waals surface area contributed by atoms with Gasteiger partial charge in [-0.15, -0.1) is 0 Å². The molecule has 1 aromatic rings. The van der Waals surface area contributed by atoms with Crippen molar-refractivity contribution >= 4 is 12.1 Å². The van der Waals surface area contributed by atoms with E-state index in [1.54, 1.807) is 65.0 Å². The van der Waals surface area contributed by atoms with Gasteiger partial charge in [0.25, 0.3) is 5.79 Å². The van der Waals surface area contributed by atoms with Crippen LogP contribution in [0.4, 0.5) is 4.79 Å². The molecule has 1 aromatic carbocycles. The van der Waals surface area contributed by atoms with Crippen molar-refractivity contribution < 1.29 is 28.9 Å². The van der Waals surface area contributed by atoms with Crippen molar-refractivity contribution in [3.8, 4) is 0 Å². The van der Waals surface area contributed by atoms with Gasteiger partial charge in [0.1, 0.15) is 11.6 Å². The van der Waals surface area contributed by atoms with Crippen LogP contribution in [-0.4, -0.2) is 41.8 Å². The molecule has 1 unspecified atom stereocenters. The Morgan fingerprint density at radius 3 is 2.00 bits per heavy atom. The zero-order valence-electron chi connectivity index (χ0n) is 15.4. The molecular weight excluding hydrogens is 326 g/mol. The number of nitrogens with one attached hydrogen (secondary N) is 1. The number of hydrogen-bond donors (Lipinski definition) is 2. The Bertz CT molecular complexity index is 561. The van der Waals surface area contributed by atoms with Gasteiger partial charge < -0.3 is 24.6 Å². The van der Waals surface area contributed by atoms with Gasteiger partial charge in [-0.25, -0.2) is 9.59 Å². The molecule has 0 radical (unpaired) electrons. The summed E-state index contributed by atoms with van der Waals surface area (Å²) in [6.07, 6.45) is -0.758. The van der Waals surface area contributed by atoms with Gasteiger partial charge in [-0.3, -0.25) is 0 Å². The highest BCUT2D eigenvalue weighted by molar-refractivity contribution is 5.79. The highest BCUT2D eigenvalue weighted by Crippen LogP contribution is 2.32. The minimum atomic E-state index is -2.07. The van der Waals surface area contributed by atoms with Gasteiger partial charge in [-0.2, -0.15) is 0 Å². The molecule has 0 aromatic heterocycles. The first kappa shape index (κ1) is 20.9. The van der Waals surface area contributed by atoms with Crippen molar-refractivity contribution in [1.82, 2.24) is 5.32 Å². The molecule has 140 valence electrons. The van der Waals surface area contributed by atoms with Crippen molar-refractivity contribution in [3.05, 3.63) is 35.9 Å². The fraction of sp³-hybridized carbons (Fsp3) is 0.556. The lowest BCUT2D eigenvalue weighted by Gasteiger charge is -2.37. The van der Waals surface area contributed by atoms with E-state index in [1.807, 2.05) is 0 Å². The number of amides is 1. The largest absolute Gasteiger partial charge is 0.477 e. The van der Waals surface area contributed by atoms with Gasteiger partial charge in [0.2, 0.25) is 0 Å². The highest BCUT2D eigenvalue weighted by Gasteiger charge is 2.50. The summed E-state index contributed by atoms with van der Waals surface area (Å²) in [4.78, 5) is 24.3. The molecule has 0 aliphatic rings. The zero-order valence-corrected chi connectivity index (χ0v) is 15.4. The summed E-state index contributed by atoms with van der Waals surface area (Å²) >= 11 is 0. The minimum absolute atomic E-state index is 0.0889. The van der Waals surface area contributed by atoms with Crippen LogP contribution in [0.1, 0.15) is 46.2 Å². The van der Waals surface area contributed by atoms with Crippen LogP contribution < -0.4 is 5.32 Å². The monoisotopic (exact) mass is 353 g/mol. The quantitative estimate of drug-likeness (QED) is 0.698. The third-order valence-electron chi connectivity index (χ3n) is 3.19. The van der Waals surface area contributed by atoms with Crippen LogP contribution in [0.15, 0.2) is 30.3 Å². The molecule has 1 rings (SSSR count). The summed E-state index contributed by atoms with van der Waals surface area (Å²) in [5, 5.41) is 12.4. The molecule has 0 spiro atoms. The average Bonchev–Trinajstić information content (AvgIpc) is 2.51. The summed E-state index contributed by atoms with van der Waals surface area (Å²) in [5.41, 5.74) is -0.202. The second kappa shape index (κ2) is 8.82. The maximum atomic E-state index is 12.3. The van der Waals surface area contributed by atoms with Crippen LogP contribution in [0.5, 0.6) is 0 Å². The van der Waals surface area contributed by atoms with Crippen LogP contribution in [0.3, 0.4) is 0 Å². The number of benzene rings is 1. The van der Waals surface area contributed by atoms with Gasteiger partial charge in [0, 0.05) is 13.2 Å². The number of rotatable bonds is 8. The molecular formula is C18H27NO6. The Hall–Kier alpha value is -2.12. The first-order valence-electron chi connectivity index (χ1n) is 8.22. The van der Waals surface area contributed by atoms with Gasteiger partial charge in [-0.1, -0.05) is 30.3 Å². The second-order valence-electron chi connectivity index (χ2n) is 6.33. The molecule has 0 aliphatic carbocycles. The fourth-order valence-electron chi connectivity index (χ4n) is 2.35. The van der Waals surface area contributed by atoms with E-state index in [2.05, 4.69) is 5.32 Å². The topological polar surface area (TPSA) is 94.1 Å². The molecule has 0 fully saturated rings. The second-order valence-corrected chi connectivity index (χ2v) is 6.33. The van der Waals surface area contributed by atoms with Crippen LogP contribution in [0.2, 0.25) is 0 Å². The molecule has 2 N–H and O–H groups in total. The number of carbonyl (C=O) groups is 2. The SMILES string of the molecule is CCOC(OCC)(C(=O)O)C(NC(=O)OC(C)(C)C)c1ccccc1. The third kappa shape index (κ3) is 5.72. The molecule has 7 heteroatoms. The fourth-order valence-corrected chi connectivity index (χ4v) is 2.35. The smallest absolute Gasteiger partial charge is 0.408 e. The summed E-state index contributed by atoms with van der Waals surface area (Å²) < 4.78 is 16.2. The van der Waals surface area contributed by atoms with E-state index in [0.29, 0.717) is 5.56 Å². The predicted molar refractivity (Wildman–Crippen MR) is 92.2 cm³/mol. The Morgan fingerprint density at radius 1 is 1.08 bits per heavy atom. The minimum Gasteiger partial charge on any atom is -0.477 e. The molecule has 25 heavy (non-hydrogen) atoms. The molecule has 0 aliphatic heterocycles. The van der Waals surface area contributed by atoms with E-state index in [0.717, 1.165) is 0 Å². The Kier molecular flexibility index (Phi) is 7.38. The van der Waals surface area contributed by atoms with E-state index < -0.39 is 29.5 Å². The van der Waals surface area contributed by atoms with E-state index in [-0.39, 0.29) is 13.2 Å². The standard InChI is InChI=1S/C18H27NO6/c1-6-23-18(15(20)21,24-7-2)14(13-11-9-8-10-12-13)19-16(22)25-17(3,4)5/h8-12,14H,6-7H2,1-5H3,(H,19,22)(H,20,21). The number of ether oxygens (including phenoxy) is 3. The summed E-state index contributed by atoms with van der Waals surface area (Å²) in [6.45, 7) is 8.66. The van der Waals surface area contributed by atoms with E-state index in [1.165, 1.54) is 0 Å². The molecule has 0 heterocycles. The summed E-state index contributed by atoms with van der Waals surface area (Å²) in [7, 11) is 0. The average molecular weight is 353 g/mol. The molecule has 0 bridgehead atoms. The Balaban J connectivity index is 3.32. The van der Waals surface area contributed by atoms with Crippen LogP contribution in [0, 0.1) is 0 Å². The van der Waals surface area contributed by atoms with Gasteiger partial charge in [0.15, 0.2) is 0 Å². The van der Waals surface area contributed by atoms with Crippen LogP contribution in [-0.2, 0) is 19.0 Å². The van der Waals surface area contributed by atoms with E-state index in [9.17, 15) is 14.7 Å². The van der Waals surface area contributed by atoms with Crippen molar-refractivity contribution in [1.29, 1.82) is 0 Å². The lowest BCUT2D eigenvalue weighted by molar-refractivity contribution is -0.254. The van der Waals surface area contributed by atoms with Crippen LogP contribution in [0.25, 0.3) is 0 Å². The maximum absolute atomic E-state index is 12.3. The predicted octanol–water partition coefficient (Wildman–Crippen LogP) is 3.11. The number of carboxylic acids is 1. The third-order valence-corrected chi connectivity index (χ3v) is 3.19. The first-order chi connectivity index (χ1) is 11.7. The number of aliphatic carboxylic acids is 1. The normalized spacial score (nSPS) is 13.2. The lowest BCUT2D eigenvalue weighted by Crippen LogP contribution is -2.56. The van der Waals surface area contributed by atoms with Crippen molar-refractivity contribution in [2.24, 2.45) is 0 Å². The molecule has 1 amide bonds. The summed E-state index contributed by atoms with van der Waals surface area (Å²) in [5.74, 6) is -3.40. The molecule has 1 atom stereocenters. The Labute approximate surface area is 148 Å². The first-order valence-corrected chi connectivity index (χ1v) is 8.22. The molecule has 7 nitrogen and oxygen atoms in total. The molecule has 0 saturated heterocycles. The van der Waals surface area contributed by atoms with Crippen molar-refractivity contribution in [2.75, 3.05) is 13.2 Å². The maximum Gasteiger partial charge on any atom is 0.408 e. The van der Waals surface area contributed by atoms with Crippen molar-refractivity contribution in [3.63, 3.8) is 0 Å². The number of hydrogen-bond acceptors (Lipinski definition) is 5. The number of carboxylic acid groups (broad SMARTS) is 1. The Morgan fingerprint density at radius 2 is 1.60 bits per heavy atom. The van der Waals surface area contributed by atoms with Gasteiger partial charge in [-0.05, 0) is 40.2 Å². The van der Waals surface area contributed by atoms with Crippen LogP contribution >= 0.6 is 0 Å². The highest BCUT2D eigenvalue weighted by atomic mass is 16.7. The summed E-state index contributed by atoms with van der Waals surface area (Å²) in [6, 6.07) is 7.56. The zero-order chi connectivity index (χ0) is 19.1. The number of carbonyl (C=O) groups excluding carboxylic acids is 1. The van der Waals surface area contributed by atoms with Crippen molar-refractivity contribution in [2.45, 2.75) is 52.0 Å². The van der Waals surface area contributed by atoms with Gasteiger partial charge >= 0.3 is 12.1 Å². The van der Waals surface area contributed by atoms with E-state index in [4.69, 9.17) is 14.2 Å². The van der Waals surface area contributed by atoms with Gasteiger partial charge in [0.05, 0.1) is 0 Å². The molecule has 0 saturated carbocycles.